The summed E-state index contributed by atoms with van der Waals surface area (Å²) < 4.78 is 5.48. The predicted molar refractivity (Wildman–Crippen MR) is 338 cm³/mol. The minimum absolute atomic E-state index is 0.000824. The minimum Gasteiger partial charge on any atom is -0.466 e. The number of esters is 1. The average Bonchev–Trinajstić information content (AvgIpc) is 3.43. The molecule has 454 valence electrons. The number of allylic oxidation sites excluding steroid dienone is 6. The summed E-state index contributed by atoms with van der Waals surface area (Å²) in [6.45, 7) is 4.94. The Morgan fingerprint density at radius 2 is 0.662 bits per heavy atom. The maximum absolute atomic E-state index is 12.5. The number of rotatable bonds is 65. The molecule has 6 heteroatoms. The maximum atomic E-state index is 12.5. The third-order valence-corrected chi connectivity index (χ3v) is 16.2. The van der Waals surface area contributed by atoms with Crippen LogP contribution in [0.25, 0.3) is 0 Å². The van der Waals surface area contributed by atoms with E-state index < -0.39 is 12.1 Å². The summed E-state index contributed by atoms with van der Waals surface area (Å²) in [6, 6.07) is -0.543. The summed E-state index contributed by atoms with van der Waals surface area (Å²) in [4.78, 5) is 24.6. The van der Waals surface area contributed by atoms with Gasteiger partial charge in [-0.3, -0.25) is 9.59 Å². The van der Waals surface area contributed by atoms with Crippen LogP contribution in [0.15, 0.2) is 36.5 Å². The van der Waals surface area contributed by atoms with Crippen molar-refractivity contribution in [2.75, 3.05) is 13.2 Å². The van der Waals surface area contributed by atoms with Crippen LogP contribution in [0.2, 0.25) is 0 Å². The van der Waals surface area contributed by atoms with Gasteiger partial charge in [0.2, 0.25) is 5.91 Å². The zero-order chi connectivity index (χ0) is 55.7. The molecular formula is C71H135NO5. The molecule has 0 aromatic heterocycles. The number of unbranched alkanes of at least 4 members (excludes halogenated alkanes) is 48. The van der Waals surface area contributed by atoms with Crippen LogP contribution in [-0.2, 0) is 14.3 Å². The Balaban J connectivity index is 3.39. The standard InChI is InChI=1S/C71H135NO5/c1-3-5-7-9-11-13-15-17-19-20-30-33-36-39-43-47-51-55-59-63-69(74)68(67-73)72-70(75)64-60-56-52-48-44-40-37-34-31-28-26-24-22-21-23-25-27-29-32-35-38-42-46-50-54-58-62-66-77-71(76)65-61-57-53-49-45-41-18-16-14-12-10-8-6-4-2/h10,12,16,18,21-22,68-69,73-74H,3-9,11,13-15,17,19-20,23-67H2,1-2H3,(H,72,75)/b12-10-,18-16-,22-21-. The number of amides is 1. The molecule has 0 fully saturated rings. The van der Waals surface area contributed by atoms with E-state index in [4.69, 9.17) is 4.74 Å². The first-order valence-corrected chi connectivity index (χ1v) is 34.7. The van der Waals surface area contributed by atoms with E-state index in [9.17, 15) is 19.8 Å². The van der Waals surface area contributed by atoms with Gasteiger partial charge in [0.1, 0.15) is 0 Å². The highest BCUT2D eigenvalue weighted by molar-refractivity contribution is 5.76. The highest BCUT2D eigenvalue weighted by Gasteiger charge is 2.20. The van der Waals surface area contributed by atoms with Crippen molar-refractivity contribution in [3.63, 3.8) is 0 Å². The Bertz CT molecular complexity index is 1250. The molecule has 0 saturated carbocycles. The van der Waals surface area contributed by atoms with E-state index in [1.165, 1.54) is 295 Å². The molecule has 0 aliphatic carbocycles. The number of hydrogen-bond acceptors (Lipinski definition) is 5. The summed E-state index contributed by atoms with van der Waals surface area (Å²) >= 11 is 0. The first-order valence-electron chi connectivity index (χ1n) is 34.7. The van der Waals surface area contributed by atoms with Gasteiger partial charge in [0.05, 0.1) is 25.4 Å². The maximum Gasteiger partial charge on any atom is 0.305 e. The molecule has 0 aromatic rings. The monoisotopic (exact) mass is 1080 g/mol. The van der Waals surface area contributed by atoms with E-state index in [0.717, 1.165) is 51.4 Å². The van der Waals surface area contributed by atoms with Crippen LogP contribution >= 0.6 is 0 Å². The Morgan fingerprint density at radius 1 is 0.364 bits per heavy atom. The lowest BCUT2D eigenvalue weighted by Crippen LogP contribution is -2.45. The van der Waals surface area contributed by atoms with E-state index in [-0.39, 0.29) is 18.5 Å². The lowest BCUT2D eigenvalue weighted by Gasteiger charge is -2.22. The molecule has 2 atom stereocenters. The van der Waals surface area contributed by atoms with Crippen LogP contribution in [-0.4, -0.2) is 47.4 Å². The molecule has 0 aromatic carbocycles. The summed E-state index contributed by atoms with van der Waals surface area (Å²) in [5, 5.41) is 23.4. The Hall–Kier alpha value is -1.92. The molecule has 1 amide bonds. The molecule has 6 nitrogen and oxygen atoms in total. The van der Waals surface area contributed by atoms with E-state index in [2.05, 4.69) is 55.6 Å². The van der Waals surface area contributed by atoms with Gasteiger partial charge in [-0.15, -0.1) is 0 Å². The number of aliphatic hydroxyl groups excluding tert-OH is 2. The summed E-state index contributed by atoms with van der Waals surface area (Å²) in [7, 11) is 0. The Kier molecular flexibility index (Phi) is 64.9. The first-order chi connectivity index (χ1) is 38.0. The number of ether oxygens (including phenoxy) is 1. The second kappa shape index (κ2) is 66.6. The van der Waals surface area contributed by atoms with Crippen LogP contribution in [0.5, 0.6) is 0 Å². The summed E-state index contributed by atoms with van der Waals surface area (Å²) in [5.74, 6) is -0.0316. The second-order valence-electron chi connectivity index (χ2n) is 23.9. The molecular weight excluding hydrogens is 947 g/mol. The fourth-order valence-electron chi connectivity index (χ4n) is 10.8. The number of nitrogens with one attached hydrogen (secondary N) is 1. The van der Waals surface area contributed by atoms with Crippen molar-refractivity contribution in [2.24, 2.45) is 0 Å². The van der Waals surface area contributed by atoms with Gasteiger partial charge >= 0.3 is 5.97 Å². The van der Waals surface area contributed by atoms with Gasteiger partial charge < -0.3 is 20.3 Å². The van der Waals surface area contributed by atoms with Gasteiger partial charge in [-0.25, -0.2) is 0 Å². The van der Waals surface area contributed by atoms with E-state index >= 15 is 0 Å². The van der Waals surface area contributed by atoms with Gasteiger partial charge in [-0.2, -0.15) is 0 Å². The number of aliphatic hydroxyl groups is 2. The van der Waals surface area contributed by atoms with Crippen LogP contribution in [0.1, 0.15) is 380 Å². The largest absolute Gasteiger partial charge is 0.466 e. The molecule has 3 N–H and O–H groups in total. The Labute approximate surface area is 481 Å². The normalized spacial score (nSPS) is 12.7. The molecule has 77 heavy (non-hydrogen) atoms. The van der Waals surface area contributed by atoms with Crippen molar-refractivity contribution in [2.45, 2.75) is 392 Å². The van der Waals surface area contributed by atoms with Gasteiger partial charge in [0.25, 0.3) is 0 Å². The van der Waals surface area contributed by atoms with Gasteiger partial charge in [-0.05, 0) is 77.0 Å². The fraction of sp³-hybridized carbons (Fsp3) is 0.887. The van der Waals surface area contributed by atoms with E-state index in [1.807, 2.05) is 0 Å². The smallest absolute Gasteiger partial charge is 0.305 e. The molecule has 0 rings (SSSR count). The molecule has 0 bridgehead atoms. The Morgan fingerprint density at radius 3 is 1.04 bits per heavy atom. The lowest BCUT2D eigenvalue weighted by atomic mass is 10.0. The lowest BCUT2D eigenvalue weighted by molar-refractivity contribution is -0.143. The third kappa shape index (κ3) is 63.1. The van der Waals surface area contributed by atoms with Crippen LogP contribution in [0, 0.1) is 0 Å². The average molecular weight is 1080 g/mol. The van der Waals surface area contributed by atoms with Crippen LogP contribution in [0.3, 0.4) is 0 Å². The van der Waals surface area contributed by atoms with E-state index in [0.29, 0.717) is 25.9 Å². The molecule has 2 unspecified atom stereocenters. The number of carbonyl (C=O) groups excluding carboxylic acids is 2. The van der Waals surface area contributed by atoms with Gasteiger partial charge in [-0.1, -0.05) is 326 Å². The number of hydrogen-bond donors (Lipinski definition) is 3. The second-order valence-corrected chi connectivity index (χ2v) is 23.9. The molecule has 0 heterocycles. The molecule has 0 aliphatic rings. The zero-order valence-electron chi connectivity index (χ0n) is 52.0. The molecule has 0 aliphatic heterocycles. The van der Waals surface area contributed by atoms with Gasteiger partial charge in [0, 0.05) is 12.8 Å². The summed E-state index contributed by atoms with van der Waals surface area (Å²) in [5.41, 5.74) is 0. The SMILES string of the molecule is CCCC/C=C\C/C=C\CCCCCCCC(=O)OCCCCCCCCCCCCCC/C=C\CCCCCCCCCCCCCC(=O)NC(CO)C(O)CCCCCCCCCCCCCCCCCCCCC. The van der Waals surface area contributed by atoms with Crippen molar-refractivity contribution >= 4 is 11.9 Å². The number of carbonyl (C=O) groups is 2. The predicted octanol–water partition coefficient (Wildman–Crippen LogP) is 22.3. The minimum atomic E-state index is -0.666. The molecule has 0 radical (unpaired) electrons. The van der Waals surface area contributed by atoms with Gasteiger partial charge in [0.15, 0.2) is 0 Å². The first kappa shape index (κ1) is 75.1. The van der Waals surface area contributed by atoms with Crippen molar-refractivity contribution in [1.29, 1.82) is 0 Å². The quantitative estimate of drug-likeness (QED) is 0.0320. The van der Waals surface area contributed by atoms with Crippen LogP contribution in [0.4, 0.5) is 0 Å². The topological polar surface area (TPSA) is 95.9 Å². The summed E-state index contributed by atoms with van der Waals surface area (Å²) in [6.07, 6.45) is 84.7. The zero-order valence-corrected chi connectivity index (χ0v) is 52.0. The van der Waals surface area contributed by atoms with Crippen molar-refractivity contribution in [3.05, 3.63) is 36.5 Å². The highest BCUT2D eigenvalue weighted by atomic mass is 16.5. The fourth-order valence-corrected chi connectivity index (χ4v) is 10.8. The van der Waals surface area contributed by atoms with Crippen LogP contribution < -0.4 is 5.32 Å². The van der Waals surface area contributed by atoms with Crippen molar-refractivity contribution in [1.82, 2.24) is 5.32 Å². The van der Waals surface area contributed by atoms with E-state index in [1.54, 1.807) is 0 Å². The van der Waals surface area contributed by atoms with Crippen molar-refractivity contribution in [3.8, 4) is 0 Å². The highest BCUT2D eigenvalue weighted by Crippen LogP contribution is 2.18. The molecule has 0 spiro atoms. The third-order valence-electron chi connectivity index (χ3n) is 16.2. The molecule has 0 saturated heterocycles. The van der Waals surface area contributed by atoms with Crippen molar-refractivity contribution < 1.29 is 24.5 Å².